The van der Waals surface area contributed by atoms with Gasteiger partial charge in [-0.15, -0.1) is 0 Å². The van der Waals surface area contributed by atoms with E-state index in [1.54, 1.807) is 0 Å². The molecule has 1 N–H and O–H groups in total. The number of hydrogen-bond acceptors (Lipinski definition) is 3. The molecule has 0 radical (unpaired) electrons. The maximum Gasteiger partial charge on any atom is 0.156 e. The largest absolute Gasteiger partial charge is 0.361 e. The van der Waals surface area contributed by atoms with Crippen molar-refractivity contribution in [3.63, 3.8) is 0 Å². The van der Waals surface area contributed by atoms with Gasteiger partial charge in [0, 0.05) is 18.3 Å². The number of nitrogens with zero attached hydrogens (tertiary/aromatic N) is 2. The van der Waals surface area contributed by atoms with Gasteiger partial charge in [0.05, 0.1) is 0 Å². The van der Waals surface area contributed by atoms with E-state index in [0.29, 0.717) is 12.0 Å². The molecule has 0 aromatic heterocycles. The molecule has 0 aromatic rings. The molecule has 1 heterocycles. The standard InChI is InChI=1S/C13H27N3S/c1-5-16(6-2)9-7-8-14-13-15-12(10-17-13)11(3)4/h11-12H,5-10H2,1-4H3,(H,14,15)/t12-/m1/s1. The monoisotopic (exact) mass is 257 g/mol. The van der Waals surface area contributed by atoms with Gasteiger partial charge in [0.2, 0.25) is 0 Å². The third-order valence-corrected chi connectivity index (χ3v) is 4.34. The van der Waals surface area contributed by atoms with E-state index in [9.17, 15) is 0 Å². The normalized spacial score (nSPS) is 22.7. The molecule has 4 heteroatoms. The molecule has 0 aliphatic carbocycles. The molecule has 1 atom stereocenters. The van der Waals surface area contributed by atoms with Gasteiger partial charge in [0.15, 0.2) is 5.17 Å². The Morgan fingerprint density at radius 1 is 1.41 bits per heavy atom. The van der Waals surface area contributed by atoms with Crippen LogP contribution in [0.5, 0.6) is 0 Å². The zero-order valence-electron chi connectivity index (χ0n) is 11.7. The third kappa shape index (κ3) is 5.30. The van der Waals surface area contributed by atoms with Gasteiger partial charge in [-0.2, -0.15) is 0 Å². The van der Waals surface area contributed by atoms with Crippen molar-refractivity contribution >= 4 is 16.9 Å². The van der Waals surface area contributed by atoms with E-state index in [0.717, 1.165) is 24.8 Å². The average Bonchev–Trinajstić information content (AvgIpc) is 2.78. The number of aliphatic imine (C=N–C) groups is 1. The number of nitrogens with one attached hydrogen (secondary N) is 1. The molecule has 1 aliphatic rings. The zero-order valence-corrected chi connectivity index (χ0v) is 12.5. The van der Waals surface area contributed by atoms with Crippen molar-refractivity contribution < 1.29 is 0 Å². The molecule has 0 unspecified atom stereocenters. The van der Waals surface area contributed by atoms with Crippen LogP contribution < -0.4 is 5.32 Å². The molecule has 3 nitrogen and oxygen atoms in total. The highest BCUT2D eigenvalue weighted by atomic mass is 32.2. The molecule has 0 amide bonds. The first-order valence-corrected chi connectivity index (χ1v) is 7.82. The van der Waals surface area contributed by atoms with Crippen LogP contribution in [0.1, 0.15) is 34.1 Å². The highest BCUT2D eigenvalue weighted by Crippen LogP contribution is 2.18. The van der Waals surface area contributed by atoms with Gasteiger partial charge in [0.1, 0.15) is 0 Å². The zero-order chi connectivity index (χ0) is 12.7. The van der Waals surface area contributed by atoms with Gasteiger partial charge in [-0.25, -0.2) is 0 Å². The fraction of sp³-hybridized carbons (Fsp3) is 0.923. The molecule has 1 saturated heterocycles. The summed E-state index contributed by atoms with van der Waals surface area (Å²) in [6, 6.07) is 0.613. The van der Waals surface area contributed by atoms with Crippen LogP contribution >= 0.6 is 11.8 Å². The Morgan fingerprint density at radius 3 is 2.65 bits per heavy atom. The summed E-state index contributed by atoms with van der Waals surface area (Å²) in [5, 5.41) is 4.66. The minimum Gasteiger partial charge on any atom is -0.361 e. The number of amidine groups is 1. The first-order valence-electron chi connectivity index (χ1n) is 6.83. The summed E-state index contributed by atoms with van der Waals surface area (Å²) >= 11 is 1.87. The van der Waals surface area contributed by atoms with Gasteiger partial charge in [-0.1, -0.05) is 39.5 Å². The van der Waals surface area contributed by atoms with Crippen molar-refractivity contribution in [3.05, 3.63) is 0 Å². The second-order valence-corrected chi connectivity index (χ2v) is 5.88. The first kappa shape index (κ1) is 14.8. The van der Waals surface area contributed by atoms with Crippen LogP contribution in [0.15, 0.2) is 4.99 Å². The van der Waals surface area contributed by atoms with Crippen LogP contribution in [0.25, 0.3) is 0 Å². The van der Waals surface area contributed by atoms with Crippen molar-refractivity contribution in [2.24, 2.45) is 10.9 Å². The first-order chi connectivity index (χ1) is 8.17. The number of hydrogen-bond donors (Lipinski definition) is 1. The highest BCUT2D eigenvalue weighted by molar-refractivity contribution is 8.14. The molecular weight excluding hydrogens is 230 g/mol. The topological polar surface area (TPSA) is 27.6 Å². The lowest BCUT2D eigenvalue weighted by molar-refractivity contribution is 0.302. The SMILES string of the molecule is CCN(CC)CCCN=C1N[C@@H](C(C)C)CS1. The van der Waals surface area contributed by atoms with Crippen LogP contribution in [0.4, 0.5) is 0 Å². The van der Waals surface area contributed by atoms with Crippen molar-refractivity contribution in [2.75, 3.05) is 31.9 Å². The van der Waals surface area contributed by atoms with Crippen LogP contribution in [0.3, 0.4) is 0 Å². The minimum atomic E-state index is 0.613. The Balaban J connectivity index is 2.18. The van der Waals surface area contributed by atoms with E-state index in [2.05, 4.69) is 42.9 Å². The van der Waals surface area contributed by atoms with E-state index in [1.165, 1.54) is 18.7 Å². The van der Waals surface area contributed by atoms with Crippen molar-refractivity contribution in [1.29, 1.82) is 0 Å². The lowest BCUT2D eigenvalue weighted by Gasteiger charge is -2.16. The molecule has 0 saturated carbocycles. The Hall–Kier alpha value is -0.220. The predicted molar refractivity (Wildman–Crippen MR) is 78.9 cm³/mol. The molecule has 0 aromatic carbocycles. The lowest BCUT2D eigenvalue weighted by Crippen LogP contribution is -2.31. The third-order valence-electron chi connectivity index (χ3n) is 3.30. The van der Waals surface area contributed by atoms with Crippen LogP contribution in [-0.4, -0.2) is 48.0 Å². The van der Waals surface area contributed by atoms with E-state index < -0.39 is 0 Å². The predicted octanol–water partition coefficient (Wildman–Crippen LogP) is 2.44. The quantitative estimate of drug-likeness (QED) is 0.710. The molecule has 100 valence electrons. The van der Waals surface area contributed by atoms with E-state index in [1.807, 2.05) is 11.8 Å². The van der Waals surface area contributed by atoms with E-state index in [4.69, 9.17) is 0 Å². The Morgan fingerprint density at radius 2 is 2.12 bits per heavy atom. The maximum atomic E-state index is 4.64. The molecule has 1 rings (SSSR count). The van der Waals surface area contributed by atoms with Crippen LogP contribution in [-0.2, 0) is 0 Å². The number of thioether (sulfide) groups is 1. The Kier molecular flexibility index (Phi) is 6.97. The summed E-state index contributed by atoms with van der Waals surface area (Å²) in [7, 11) is 0. The fourth-order valence-corrected chi connectivity index (χ4v) is 3.10. The molecule has 0 bridgehead atoms. The molecule has 0 spiro atoms. The average molecular weight is 257 g/mol. The summed E-state index contributed by atoms with van der Waals surface area (Å²) in [5.41, 5.74) is 0. The van der Waals surface area contributed by atoms with Gasteiger partial charge < -0.3 is 10.2 Å². The summed E-state index contributed by atoms with van der Waals surface area (Å²) in [4.78, 5) is 7.09. The lowest BCUT2D eigenvalue weighted by atomic mass is 10.1. The highest BCUT2D eigenvalue weighted by Gasteiger charge is 2.22. The second kappa shape index (κ2) is 7.98. The van der Waals surface area contributed by atoms with Crippen LogP contribution in [0, 0.1) is 5.92 Å². The fourth-order valence-electron chi connectivity index (χ4n) is 1.88. The van der Waals surface area contributed by atoms with Crippen molar-refractivity contribution in [1.82, 2.24) is 10.2 Å². The summed E-state index contributed by atoms with van der Waals surface area (Å²) in [6.45, 7) is 13.4. The van der Waals surface area contributed by atoms with Crippen LogP contribution in [0.2, 0.25) is 0 Å². The number of rotatable bonds is 7. The smallest absolute Gasteiger partial charge is 0.156 e. The molecule has 1 fully saturated rings. The van der Waals surface area contributed by atoms with E-state index in [-0.39, 0.29) is 0 Å². The summed E-state index contributed by atoms with van der Waals surface area (Å²) in [5.74, 6) is 1.87. The second-order valence-electron chi connectivity index (χ2n) is 4.87. The molecule has 17 heavy (non-hydrogen) atoms. The van der Waals surface area contributed by atoms with Crippen molar-refractivity contribution in [2.45, 2.75) is 40.2 Å². The maximum absolute atomic E-state index is 4.64. The Labute approximate surface area is 110 Å². The Bertz CT molecular complexity index is 237. The van der Waals surface area contributed by atoms with Gasteiger partial charge in [0.25, 0.3) is 0 Å². The summed E-state index contributed by atoms with van der Waals surface area (Å²) in [6.07, 6.45) is 1.17. The van der Waals surface area contributed by atoms with Gasteiger partial charge in [-0.3, -0.25) is 4.99 Å². The van der Waals surface area contributed by atoms with Gasteiger partial charge >= 0.3 is 0 Å². The molecule has 1 aliphatic heterocycles. The summed E-state index contributed by atoms with van der Waals surface area (Å²) < 4.78 is 0. The van der Waals surface area contributed by atoms with E-state index >= 15 is 0 Å². The minimum absolute atomic E-state index is 0.613. The molecular formula is C13H27N3S. The van der Waals surface area contributed by atoms with Crippen molar-refractivity contribution in [3.8, 4) is 0 Å². The van der Waals surface area contributed by atoms with Gasteiger partial charge in [-0.05, 0) is 32.0 Å².